The highest BCUT2D eigenvalue weighted by molar-refractivity contribution is 8.93. The van der Waals surface area contributed by atoms with Gasteiger partial charge in [0.05, 0.1) is 26.2 Å². The van der Waals surface area contributed by atoms with E-state index in [4.69, 9.17) is 0 Å². The summed E-state index contributed by atoms with van der Waals surface area (Å²) >= 11 is 0. The lowest BCUT2D eigenvalue weighted by Crippen LogP contribution is -3.00. The predicted molar refractivity (Wildman–Crippen MR) is 151 cm³/mol. The Morgan fingerprint density at radius 1 is 0.800 bits per heavy atom. The smallest absolute Gasteiger partial charge is 0.121 e. The van der Waals surface area contributed by atoms with E-state index in [1.165, 1.54) is 38.5 Å². The van der Waals surface area contributed by atoms with E-state index in [-0.39, 0.29) is 39.4 Å². The molecule has 0 unspecified atom stereocenters. The first-order chi connectivity index (χ1) is 16.1. The average Bonchev–Trinajstić information content (AvgIpc) is 2.89. The first kappa shape index (κ1) is 32.1. The molecule has 2 aromatic carbocycles. The minimum absolute atomic E-state index is 0. The van der Waals surface area contributed by atoms with Crippen molar-refractivity contribution in [2.24, 2.45) is 5.41 Å². The summed E-state index contributed by atoms with van der Waals surface area (Å²) < 4.78 is 1.16. The van der Waals surface area contributed by atoms with Gasteiger partial charge in [-0.2, -0.15) is 0 Å². The fourth-order valence-electron chi connectivity index (χ4n) is 6.15. The molecule has 1 N–H and O–H groups in total. The van der Waals surface area contributed by atoms with E-state index >= 15 is 0 Å². The van der Waals surface area contributed by atoms with Gasteiger partial charge in [0.15, 0.2) is 0 Å². The molecular formula is C31H47Br2NO. The molecule has 0 aromatic heterocycles. The van der Waals surface area contributed by atoms with Gasteiger partial charge in [-0.3, -0.25) is 0 Å². The molecule has 2 nitrogen and oxygen atoms in total. The van der Waals surface area contributed by atoms with Crippen LogP contribution >= 0.6 is 17.0 Å². The van der Waals surface area contributed by atoms with Gasteiger partial charge in [-0.15, -0.1) is 17.0 Å². The predicted octanol–water partition coefficient (Wildman–Crippen LogP) is 5.06. The summed E-state index contributed by atoms with van der Waals surface area (Å²) in [6.45, 7) is 13.0. The Labute approximate surface area is 236 Å². The lowest BCUT2D eigenvalue weighted by Gasteiger charge is -2.60. The minimum atomic E-state index is -0.916. The molecular weight excluding hydrogens is 562 g/mol. The highest BCUT2D eigenvalue weighted by Gasteiger charge is 2.59. The second-order valence-electron chi connectivity index (χ2n) is 10.4. The van der Waals surface area contributed by atoms with Crippen LogP contribution in [0.1, 0.15) is 82.8 Å². The molecule has 3 aliphatic heterocycles. The van der Waals surface area contributed by atoms with E-state index in [9.17, 15) is 5.11 Å². The number of fused-ring (bicyclic) bond motifs is 3. The van der Waals surface area contributed by atoms with Crippen molar-refractivity contribution in [1.29, 1.82) is 0 Å². The SMILES string of the molecule is Br.C=CC[N+]12CCC(C(O)(c3ccccc3)c3ccccc3)(CC1)CC2.CCCCCCCC.[Br-]. The summed E-state index contributed by atoms with van der Waals surface area (Å²) in [6.07, 6.45) is 13.8. The fraction of sp³-hybridized carbons (Fsp3) is 0.548. The lowest BCUT2D eigenvalue weighted by molar-refractivity contribution is -0.941. The van der Waals surface area contributed by atoms with Gasteiger partial charge in [-0.25, -0.2) is 0 Å². The van der Waals surface area contributed by atoms with E-state index in [1.54, 1.807) is 0 Å². The minimum Gasteiger partial charge on any atom is -1.00 e. The third-order valence-electron chi connectivity index (χ3n) is 8.32. The molecule has 4 heteroatoms. The van der Waals surface area contributed by atoms with Crippen molar-refractivity contribution in [3.8, 4) is 0 Å². The van der Waals surface area contributed by atoms with Crippen molar-refractivity contribution in [2.75, 3.05) is 26.2 Å². The molecule has 5 rings (SSSR count). The summed E-state index contributed by atoms with van der Waals surface area (Å²) in [4.78, 5) is 0. The molecule has 2 aromatic rings. The zero-order valence-corrected chi connectivity index (χ0v) is 25.2. The average molecular weight is 610 g/mol. The summed E-state index contributed by atoms with van der Waals surface area (Å²) in [6, 6.07) is 20.6. The number of halogens is 2. The van der Waals surface area contributed by atoms with Gasteiger partial charge in [-0.1, -0.05) is 120 Å². The van der Waals surface area contributed by atoms with Gasteiger partial charge >= 0.3 is 0 Å². The number of unbranched alkanes of at least 4 members (excludes halogenated alkanes) is 5. The van der Waals surface area contributed by atoms with Gasteiger partial charge in [-0.05, 0) is 17.2 Å². The van der Waals surface area contributed by atoms with E-state index in [1.807, 2.05) is 36.4 Å². The van der Waals surface area contributed by atoms with Crippen LogP contribution < -0.4 is 17.0 Å². The maximum atomic E-state index is 12.2. The summed E-state index contributed by atoms with van der Waals surface area (Å²) in [7, 11) is 0. The molecule has 0 atom stereocenters. The van der Waals surface area contributed by atoms with Gasteiger partial charge in [0, 0.05) is 24.7 Å². The molecule has 3 saturated heterocycles. The number of hydrogen-bond donors (Lipinski definition) is 1. The van der Waals surface area contributed by atoms with Crippen molar-refractivity contribution in [3.05, 3.63) is 84.4 Å². The second-order valence-corrected chi connectivity index (χ2v) is 10.4. The topological polar surface area (TPSA) is 20.2 Å². The Hall–Kier alpha value is -0.940. The van der Waals surface area contributed by atoms with Crippen LogP contribution in [-0.2, 0) is 5.60 Å². The second kappa shape index (κ2) is 15.3. The molecule has 196 valence electrons. The Morgan fingerprint density at radius 2 is 1.20 bits per heavy atom. The maximum Gasteiger partial charge on any atom is 0.121 e. The third-order valence-corrected chi connectivity index (χ3v) is 8.32. The Kier molecular flexibility index (Phi) is 14.1. The van der Waals surface area contributed by atoms with Gasteiger partial charge in [0.1, 0.15) is 5.60 Å². The number of aliphatic hydroxyl groups is 1. The normalized spacial score (nSPS) is 22.7. The first-order valence-electron chi connectivity index (χ1n) is 13.4. The largest absolute Gasteiger partial charge is 1.00 e. The van der Waals surface area contributed by atoms with E-state index < -0.39 is 5.60 Å². The van der Waals surface area contributed by atoms with Crippen molar-refractivity contribution < 1.29 is 26.6 Å². The Bertz CT molecular complexity index is 770. The van der Waals surface area contributed by atoms with Crippen molar-refractivity contribution >= 4 is 17.0 Å². The van der Waals surface area contributed by atoms with E-state index in [0.717, 1.165) is 61.1 Å². The summed E-state index contributed by atoms with van der Waals surface area (Å²) in [5, 5.41) is 12.2. The number of benzene rings is 2. The lowest BCUT2D eigenvalue weighted by atomic mass is 9.56. The zero-order valence-electron chi connectivity index (χ0n) is 21.9. The molecule has 3 heterocycles. The molecule has 0 spiro atoms. The number of piperidine rings is 3. The van der Waals surface area contributed by atoms with Crippen LogP contribution in [0.15, 0.2) is 73.3 Å². The monoisotopic (exact) mass is 607 g/mol. The molecule has 3 aliphatic rings. The molecule has 2 bridgehead atoms. The first-order valence-corrected chi connectivity index (χ1v) is 13.4. The van der Waals surface area contributed by atoms with Gasteiger partial charge < -0.3 is 26.6 Å². The summed E-state index contributed by atoms with van der Waals surface area (Å²) in [5.74, 6) is 0. The Balaban J connectivity index is 0.000000535. The molecule has 0 radical (unpaired) electrons. The molecule has 35 heavy (non-hydrogen) atoms. The zero-order chi connectivity index (χ0) is 23.6. The highest BCUT2D eigenvalue weighted by atomic mass is 79.9. The van der Waals surface area contributed by atoms with Crippen LogP contribution in [0.5, 0.6) is 0 Å². The van der Waals surface area contributed by atoms with Gasteiger partial charge in [0.2, 0.25) is 0 Å². The van der Waals surface area contributed by atoms with Crippen molar-refractivity contribution in [2.45, 2.75) is 77.2 Å². The molecule has 0 aliphatic carbocycles. The number of rotatable bonds is 10. The van der Waals surface area contributed by atoms with E-state index in [2.05, 4.69) is 50.8 Å². The standard InChI is InChI=1S/C23H28NO.C8H18.2BrH/c1-2-16-24-17-13-22(14-18-24,15-19-24)23(25,20-9-5-3-6-10-20)21-11-7-4-8-12-21;1-3-5-7-8-6-4-2;;/h2-12,25H,1,13-19H2;3-8H2,1-2H3;2*1H/q+1;;;/p-1. The number of quaternary nitrogens is 1. The highest BCUT2D eigenvalue weighted by Crippen LogP contribution is 2.57. The van der Waals surface area contributed by atoms with Crippen LogP contribution in [0.25, 0.3) is 0 Å². The quantitative estimate of drug-likeness (QED) is 0.227. The van der Waals surface area contributed by atoms with Crippen LogP contribution in [0, 0.1) is 5.41 Å². The maximum absolute atomic E-state index is 12.2. The fourth-order valence-corrected chi connectivity index (χ4v) is 6.15. The van der Waals surface area contributed by atoms with Crippen molar-refractivity contribution in [3.63, 3.8) is 0 Å². The van der Waals surface area contributed by atoms with Crippen LogP contribution in [0.4, 0.5) is 0 Å². The molecule has 0 saturated carbocycles. The summed E-state index contributed by atoms with van der Waals surface area (Å²) in [5.41, 5.74) is 1.08. The van der Waals surface area contributed by atoms with E-state index in [0.29, 0.717) is 0 Å². The number of hydrogen-bond acceptors (Lipinski definition) is 1. The molecule has 0 amide bonds. The Morgan fingerprint density at radius 3 is 1.54 bits per heavy atom. The van der Waals surface area contributed by atoms with Crippen LogP contribution in [-0.4, -0.2) is 35.8 Å². The third kappa shape index (κ3) is 7.31. The number of nitrogens with zero attached hydrogens (tertiary/aromatic N) is 1. The van der Waals surface area contributed by atoms with Crippen LogP contribution in [0.2, 0.25) is 0 Å². The molecule has 3 fully saturated rings. The van der Waals surface area contributed by atoms with Crippen molar-refractivity contribution in [1.82, 2.24) is 0 Å². The van der Waals surface area contributed by atoms with Crippen LogP contribution in [0.3, 0.4) is 0 Å². The van der Waals surface area contributed by atoms with Gasteiger partial charge in [0.25, 0.3) is 0 Å².